The highest BCUT2D eigenvalue weighted by Crippen LogP contribution is 2.14. The molecule has 1 aromatic heterocycles. The first-order valence-electron chi connectivity index (χ1n) is 6.45. The van der Waals surface area contributed by atoms with Gasteiger partial charge in [-0.15, -0.1) is 0 Å². The molecule has 0 fully saturated rings. The van der Waals surface area contributed by atoms with Gasteiger partial charge in [0.25, 0.3) is 0 Å². The fourth-order valence-electron chi connectivity index (χ4n) is 1.93. The monoisotopic (exact) mass is 263 g/mol. The number of fused-ring (bicyclic) bond motifs is 1. The van der Waals surface area contributed by atoms with Crippen LogP contribution in [0.2, 0.25) is 0 Å². The van der Waals surface area contributed by atoms with Gasteiger partial charge in [-0.3, -0.25) is 4.57 Å². The first-order chi connectivity index (χ1) is 8.87. The molecule has 0 saturated carbocycles. The van der Waals surface area contributed by atoms with Gasteiger partial charge >= 0.3 is 5.76 Å². The third kappa shape index (κ3) is 3.45. The maximum Gasteiger partial charge on any atom is 0.419 e. The van der Waals surface area contributed by atoms with Crippen LogP contribution in [0.15, 0.2) is 27.4 Å². The fraction of sp³-hybridized carbons (Fsp3) is 0.500. The molecule has 3 N–H and O–H groups in total. The molecule has 0 radical (unpaired) electrons. The van der Waals surface area contributed by atoms with E-state index in [-0.39, 0.29) is 11.3 Å². The zero-order chi connectivity index (χ0) is 14.0. The predicted molar refractivity (Wildman–Crippen MR) is 76.0 cm³/mol. The van der Waals surface area contributed by atoms with Crippen LogP contribution in [0.1, 0.15) is 25.8 Å². The van der Waals surface area contributed by atoms with E-state index in [1.807, 2.05) is 32.0 Å². The van der Waals surface area contributed by atoms with Gasteiger partial charge in [-0.05, 0) is 44.5 Å². The van der Waals surface area contributed by atoms with E-state index in [2.05, 4.69) is 5.32 Å². The molecular weight excluding hydrogens is 242 g/mol. The fourth-order valence-corrected chi connectivity index (χ4v) is 1.93. The summed E-state index contributed by atoms with van der Waals surface area (Å²) in [4.78, 5) is 11.4. The summed E-state index contributed by atoms with van der Waals surface area (Å²) in [5.74, 6) is -0.329. The Bertz CT molecular complexity index is 620. The first kappa shape index (κ1) is 13.8. The molecule has 0 aliphatic carbocycles. The van der Waals surface area contributed by atoms with Gasteiger partial charge in [-0.2, -0.15) is 0 Å². The Morgan fingerprint density at radius 2 is 2.16 bits per heavy atom. The number of hydrogen-bond acceptors (Lipinski definition) is 4. The second kappa shape index (κ2) is 5.19. The second-order valence-electron chi connectivity index (χ2n) is 5.64. The van der Waals surface area contributed by atoms with Gasteiger partial charge in [-0.1, -0.05) is 6.07 Å². The Morgan fingerprint density at radius 1 is 1.42 bits per heavy atom. The molecule has 2 aromatic rings. The van der Waals surface area contributed by atoms with E-state index in [9.17, 15) is 4.79 Å². The molecule has 1 aromatic carbocycles. The summed E-state index contributed by atoms with van der Waals surface area (Å²) in [5.41, 5.74) is 8.31. The van der Waals surface area contributed by atoms with Gasteiger partial charge in [0.1, 0.15) is 0 Å². The zero-order valence-corrected chi connectivity index (χ0v) is 11.7. The van der Waals surface area contributed by atoms with Crippen molar-refractivity contribution in [1.29, 1.82) is 0 Å². The predicted octanol–water partition coefficient (Wildman–Crippen LogP) is 1.35. The molecular formula is C14H21N3O2. The number of benzene rings is 1. The lowest BCUT2D eigenvalue weighted by atomic mass is 10.0. The number of oxazole rings is 1. The Kier molecular flexibility index (Phi) is 3.78. The molecule has 5 heteroatoms. The van der Waals surface area contributed by atoms with Gasteiger partial charge in [0.2, 0.25) is 0 Å². The van der Waals surface area contributed by atoms with Crippen LogP contribution in [0, 0.1) is 0 Å². The van der Waals surface area contributed by atoms with Crippen molar-refractivity contribution in [1.82, 2.24) is 9.88 Å². The van der Waals surface area contributed by atoms with Crippen molar-refractivity contribution < 1.29 is 4.42 Å². The molecule has 0 saturated heterocycles. The van der Waals surface area contributed by atoms with Gasteiger partial charge in [0.15, 0.2) is 5.58 Å². The van der Waals surface area contributed by atoms with Crippen molar-refractivity contribution in [2.45, 2.75) is 32.4 Å². The third-order valence-corrected chi connectivity index (χ3v) is 3.13. The lowest BCUT2D eigenvalue weighted by Gasteiger charge is -2.18. The standard InChI is InChI=1S/C14H21N3O2/c1-14(2,15)6-7-16-9-10-4-5-11-12(8-10)19-13(18)17(11)3/h4-5,8,16H,6-7,9,15H2,1-3H3. The van der Waals surface area contributed by atoms with Crippen LogP contribution in [-0.4, -0.2) is 16.7 Å². The summed E-state index contributed by atoms with van der Waals surface area (Å²) >= 11 is 0. The minimum atomic E-state index is -0.329. The van der Waals surface area contributed by atoms with Crippen LogP contribution in [0.25, 0.3) is 11.1 Å². The zero-order valence-electron chi connectivity index (χ0n) is 11.7. The van der Waals surface area contributed by atoms with E-state index in [4.69, 9.17) is 10.2 Å². The molecule has 1 heterocycles. The molecule has 0 unspecified atom stereocenters. The summed E-state index contributed by atoms with van der Waals surface area (Å²) in [7, 11) is 1.70. The summed E-state index contributed by atoms with van der Waals surface area (Å²) in [5, 5.41) is 3.34. The van der Waals surface area contributed by atoms with Crippen molar-refractivity contribution in [3.63, 3.8) is 0 Å². The molecule has 0 atom stereocenters. The molecule has 0 spiro atoms. The van der Waals surface area contributed by atoms with Crippen LogP contribution in [0.4, 0.5) is 0 Å². The number of rotatable bonds is 5. The highest BCUT2D eigenvalue weighted by atomic mass is 16.4. The van der Waals surface area contributed by atoms with Crippen LogP contribution < -0.4 is 16.8 Å². The molecule has 2 rings (SSSR count). The lowest BCUT2D eigenvalue weighted by Crippen LogP contribution is -2.35. The number of nitrogens with two attached hydrogens (primary N) is 1. The quantitative estimate of drug-likeness (QED) is 0.799. The average molecular weight is 263 g/mol. The van der Waals surface area contributed by atoms with Crippen LogP contribution in [0.5, 0.6) is 0 Å². The maximum absolute atomic E-state index is 11.4. The number of hydrogen-bond donors (Lipinski definition) is 2. The van der Waals surface area contributed by atoms with Gasteiger partial charge in [-0.25, -0.2) is 4.79 Å². The van der Waals surface area contributed by atoms with E-state index in [1.54, 1.807) is 7.05 Å². The molecule has 0 aliphatic rings. The molecule has 0 amide bonds. The Morgan fingerprint density at radius 3 is 2.84 bits per heavy atom. The van der Waals surface area contributed by atoms with E-state index in [0.717, 1.165) is 30.6 Å². The Balaban J connectivity index is 2.00. The largest absolute Gasteiger partial charge is 0.419 e. The highest BCUT2D eigenvalue weighted by molar-refractivity contribution is 5.73. The van der Waals surface area contributed by atoms with Crippen molar-refractivity contribution in [3.05, 3.63) is 34.3 Å². The molecule has 19 heavy (non-hydrogen) atoms. The Hall–Kier alpha value is -1.59. The van der Waals surface area contributed by atoms with Crippen molar-refractivity contribution >= 4 is 11.1 Å². The van der Waals surface area contributed by atoms with Gasteiger partial charge in [0, 0.05) is 19.1 Å². The highest BCUT2D eigenvalue weighted by Gasteiger charge is 2.09. The topological polar surface area (TPSA) is 73.2 Å². The van der Waals surface area contributed by atoms with Crippen LogP contribution in [0.3, 0.4) is 0 Å². The van der Waals surface area contributed by atoms with Crippen molar-refractivity contribution in [3.8, 4) is 0 Å². The average Bonchev–Trinajstić information content (AvgIpc) is 2.59. The lowest BCUT2D eigenvalue weighted by molar-refractivity contribution is 0.455. The molecule has 0 bridgehead atoms. The van der Waals surface area contributed by atoms with E-state index >= 15 is 0 Å². The number of nitrogens with zero attached hydrogens (tertiary/aromatic N) is 1. The summed E-state index contributed by atoms with van der Waals surface area (Å²) < 4.78 is 6.66. The second-order valence-corrected chi connectivity index (χ2v) is 5.64. The Labute approximate surface area is 112 Å². The minimum absolute atomic E-state index is 0.150. The van der Waals surface area contributed by atoms with Crippen molar-refractivity contribution in [2.24, 2.45) is 12.8 Å². The summed E-state index contributed by atoms with van der Waals surface area (Å²) in [6, 6.07) is 5.80. The smallest absolute Gasteiger partial charge is 0.408 e. The van der Waals surface area contributed by atoms with E-state index in [0.29, 0.717) is 5.58 Å². The van der Waals surface area contributed by atoms with Crippen LogP contribution >= 0.6 is 0 Å². The number of aromatic nitrogens is 1. The third-order valence-electron chi connectivity index (χ3n) is 3.13. The molecule has 5 nitrogen and oxygen atoms in total. The molecule has 0 aliphatic heterocycles. The normalized spacial score (nSPS) is 12.2. The van der Waals surface area contributed by atoms with Gasteiger partial charge < -0.3 is 15.5 Å². The summed E-state index contributed by atoms with van der Waals surface area (Å²) in [6.07, 6.45) is 0.912. The van der Waals surface area contributed by atoms with Crippen molar-refractivity contribution in [2.75, 3.05) is 6.54 Å². The van der Waals surface area contributed by atoms with E-state index < -0.39 is 0 Å². The molecule has 104 valence electrons. The first-order valence-corrected chi connectivity index (χ1v) is 6.45. The van der Waals surface area contributed by atoms with Gasteiger partial charge in [0.05, 0.1) is 5.52 Å². The van der Waals surface area contributed by atoms with Crippen LogP contribution in [-0.2, 0) is 13.6 Å². The maximum atomic E-state index is 11.4. The van der Waals surface area contributed by atoms with E-state index in [1.165, 1.54) is 4.57 Å². The number of aryl methyl sites for hydroxylation is 1. The SMILES string of the molecule is Cn1c(=O)oc2cc(CNCCC(C)(C)N)ccc21. The minimum Gasteiger partial charge on any atom is -0.408 e. The number of nitrogens with one attached hydrogen (secondary N) is 1. The summed E-state index contributed by atoms with van der Waals surface area (Å²) in [6.45, 7) is 5.63.